The maximum absolute atomic E-state index is 13.4. The van der Waals surface area contributed by atoms with Crippen LogP contribution in [0.4, 0.5) is 4.39 Å². The van der Waals surface area contributed by atoms with E-state index in [-0.39, 0.29) is 17.8 Å². The topological polar surface area (TPSA) is 25.2 Å². The zero-order chi connectivity index (χ0) is 20.9. The molecule has 0 spiro atoms. The van der Waals surface area contributed by atoms with Crippen LogP contribution in [0.25, 0.3) is 0 Å². The van der Waals surface area contributed by atoms with Gasteiger partial charge in [-0.2, -0.15) is 0 Å². The molecule has 4 rings (SSSR count). The fourth-order valence-electron chi connectivity index (χ4n) is 4.23. The second-order valence-corrected chi connectivity index (χ2v) is 8.90. The van der Waals surface area contributed by atoms with E-state index in [9.17, 15) is 9.18 Å². The SMILES string of the molecule is O=C(c1ccc(F)cc1)N(Cc1cccn1Cc1ccc(Br)cc1)C1CCCCC1. The minimum absolute atomic E-state index is 0.0155. The molecule has 1 fully saturated rings. The number of nitrogens with zero attached hydrogens (tertiary/aromatic N) is 2. The van der Waals surface area contributed by atoms with Crippen molar-refractivity contribution in [2.24, 2.45) is 0 Å². The van der Waals surface area contributed by atoms with Gasteiger partial charge in [-0.3, -0.25) is 4.79 Å². The van der Waals surface area contributed by atoms with Crippen LogP contribution < -0.4 is 0 Å². The molecule has 0 N–H and O–H groups in total. The van der Waals surface area contributed by atoms with Crippen molar-refractivity contribution in [1.82, 2.24) is 9.47 Å². The molecule has 0 unspecified atom stereocenters. The quantitative estimate of drug-likeness (QED) is 0.410. The molecule has 1 saturated carbocycles. The smallest absolute Gasteiger partial charge is 0.254 e. The summed E-state index contributed by atoms with van der Waals surface area (Å²) in [4.78, 5) is 15.4. The molecule has 5 heteroatoms. The summed E-state index contributed by atoms with van der Waals surface area (Å²) in [6, 6.07) is 18.6. The van der Waals surface area contributed by atoms with E-state index in [2.05, 4.69) is 44.9 Å². The molecule has 0 aliphatic heterocycles. The highest BCUT2D eigenvalue weighted by Crippen LogP contribution is 2.26. The van der Waals surface area contributed by atoms with Gasteiger partial charge in [0.1, 0.15) is 5.82 Å². The van der Waals surface area contributed by atoms with Crippen LogP contribution in [0.3, 0.4) is 0 Å². The second-order valence-electron chi connectivity index (χ2n) is 7.99. The molecule has 0 atom stereocenters. The molecule has 1 heterocycles. The van der Waals surface area contributed by atoms with Gasteiger partial charge in [0, 0.05) is 34.5 Å². The summed E-state index contributed by atoms with van der Waals surface area (Å²) in [7, 11) is 0. The molecule has 156 valence electrons. The first-order chi connectivity index (χ1) is 14.6. The largest absolute Gasteiger partial charge is 0.345 e. The fourth-order valence-corrected chi connectivity index (χ4v) is 4.49. The van der Waals surface area contributed by atoms with E-state index in [1.165, 1.54) is 24.1 Å². The zero-order valence-electron chi connectivity index (χ0n) is 16.9. The summed E-state index contributed by atoms with van der Waals surface area (Å²) in [5.41, 5.74) is 2.87. The summed E-state index contributed by atoms with van der Waals surface area (Å²) in [6.07, 6.45) is 7.66. The molecule has 1 aliphatic carbocycles. The monoisotopic (exact) mass is 468 g/mol. The van der Waals surface area contributed by atoms with Crippen LogP contribution in [-0.4, -0.2) is 21.4 Å². The highest BCUT2D eigenvalue weighted by molar-refractivity contribution is 9.10. The van der Waals surface area contributed by atoms with Gasteiger partial charge < -0.3 is 9.47 Å². The highest BCUT2D eigenvalue weighted by Gasteiger charge is 2.27. The minimum Gasteiger partial charge on any atom is -0.345 e. The Morgan fingerprint density at radius 3 is 2.40 bits per heavy atom. The molecule has 1 aliphatic rings. The van der Waals surface area contributed by atoms with Gasteiger partial charge in [0.05, 0.1) is 6.54 Å². The minimum atomic E-state index is -0.320. The van der Waals surface area contributed by atoms with Gasteiger partial charge in [-0.15, -0.1) is 0 Å². The van der Waals surface area contributed by atoms with Crippen molar-refractivity contribution in [3.63, 3.8) is 0 Å². The summed E-state index contributed by atoms with van der Waals surface area (Å²) in [5.74, 6) is -0.336. The Morgan fingerprint density at radius 1 is 1.00 bits per heavy atom. The van der Waals surface area contributed by atoms with E-state index < -0.39 is 0 Å². The van der Waals surface area contributed by atoms with Crippen molar-refractivity contribution < 1.29 is 9.18 Å². The summed E-state index contributed by atoms with van der Waals surface area (Å²) < 4.78 is 16.6. The van der Waals surface area contributed by atoms with Gasteiger partial charge in [0.2, 0.25) is 0 Å². The van der Waals surface area contributed by atoms with Crippen molar-refractivity contribution in [3.8, 4) is 0 Å². The Labute approximate surface area is 185 Å². The maximum Gasteiger partial charge on any atom is 0.254 e. The van der Waals surface area contributed by atoms with Crippen molar-refractivity contribution in [1.29, 1.82) is 0 Å². The van der Waals surface area contributed by atoms with E-state index in [1.54, 1.807) is 12.1 Å². The highest BCUT2D eigenvalue weighted by atomic mass is 79.9. The lowest BCUT2D eigenvalue weighted by atomic mass is 9.93. The number of amides is 1. The number of aromatic nitrogens is 1. The first kappa shape index (κ1) is 20.9. The molecule has 3 nitrogen and oxygen atoms in total. The van der Waals surface area contributed by atoms with Gasteiger partial charge >= 0.3 is 0 Å². The number of carbonyl (C=O) groups is 1. The molecule has 1 amide bonds. The first-order valence-corrected chi connectivity index (χ1v) is 11.3. The number of hydrogen-bond donors (Lipinski definition) is 0. The predicted octanol–water partition coefficient (Wildman–Crippen LogP) is 6.41. The van der Waals surface area contributed by atoms with Crippen molar-refractivity contribution in [2.45, 2.75) is 51.2 Å². The van der Waals surface area contributed by atoms with Crippen LogP contribution >= 0.6 is 15.9 Å². The third-order valence-corrected chi connectivity index (χ3v) is 6.42. The van der Waals surface area contributed by atoms with Crippen LogP contribution in [-0.2, 0) is 13.1 Å². The summed E-state index contributed by atoms with van der Waals surface area (Å²) in [6.45, 7) is 1.32. The van der Waals surface area contributed by atoms with E-state index in [0.717, 1.165) is 42.4 Å². The Hall–Kier alpha value is -2.40. The van der Waals surface area contributed by atoms with Gasteiger partial charge in [-0.1, -0.05) is 47.3 Å². The standard InChI is InChI=1S/C25H26BrFN2O/c26-21-12-8-19(9-13-21)17-28-16-4-7-24(28)18-29(23-5-2-1-3-6-23)25(30)20-10-14-22(27)15-11-20/h4,7-16,23H,1-3,5-6,17-18H2. The van der Waals surface area contributed by atoms with E-state index in [0.29, 0.717) is 12.1 Å². The van der Waals surface area contributed by atoms with Crippen LogP contribution in [0.15, 0.2) is 71.3 Å². The Kier molecular flexibility index (Phi) is 6.68. The second kappa shape index (κ2) is 9.61. The molecule has 30 heavy (non-hydrogen) atoms. The van der Waals surface area contributed by atoms with Crippen LogP contribution in [0.5, 0.6) is 0 Å². The van der Waals surface area contributed by atoms with Crippen molar-refractivity contribution >= 4 is 21.8 Å². The number of benzene rings is 2. The summed E-state index contributed by atoms with van der Waals surface area (Å²) in [5, 5.41) is 0. The zero-order valence-corrected chi connectivity index (χ0v) is 18.5. The lowest BCUT2D eigenvalue weighted by molar-refractivity contribution is 0.0608. The van der Waals surface area contributed by atoms with Crippen LogP contribution in [0, 0.1) is 5.82 Å². The number of carbonyl (C=O) groups excluding carboxylic acids is 1. The lowest BCUT2D eigenvalue weighted by Gasteiger charge is -2.35. The van der Waals surface area contributed by atoms with Crippen LogP contribution in [0.2, 0.25) is 0 Å². The molecule has 0 radical (unpaired) electrons. The van der Waals surface area contributed by atoms with E-state index in [4.69, 9.17) is 0 Å². The van der Waals surface area contributed by atoms with E-state index in [1.807, 2.05) is 23.1 Å². The first-order valence-electron chi connectivity index (χ1n) is 10.5. The Morgan fingerprint density at radius 2 is 1.70 bits per heavy atom. The maximum atomic E-state index is 13.4. The lowest BCUT2D eigenvalue weighted by Crippen LogP contribution is -2.41. The molecule has 0 bridgehead atoms. The Balaban J connectivity index is 1.57. The average Bonchev–Trinajstić information content (AvgIpc) is 3.21. The molecular formula is C25H26BrFN2O. The normalized spacial score (nSPS) is 14.6. The third-order valence-electron chi connectivity index (χ3n) is 5.89. The van der Waals surface area contributed by atoms with Crippen molar-refractivity contribution in [2.75, 3.05) is 0 Å². The number of halogens is 2. The third kappa shape index (κ3) is 5.01. The molecule has 1 aromatic heterocycles. The molecular weight excluding hydrogens is 443 g/mol. The van der Waals surface area contributed by atoms with Gasteiger partial charge in [-0.25, -0.2) is 4.39 Å². The van der Waals surface area contributed by atoms with Crippen molar-refractivity contribution in [3.05, 3.63) is 94.0 Å². The average molecular weight is 469 g/mol. The number of hydrogen-bond acceptors (Lipinski definition) is 1. The fraction of sp³-hybridized carbons (Fsp3) is 0.320. The summed E-state index contributed by atoms with van der Waals surface area (Å²) >= 11 is 3.48. The predicted molar refractivity (Wildman–Crippen MR) is 121 cm³/mol. The van der Waals surface area contributed by atoms with Gasteiger partial charge in [0.15, 0.2) is 0 Å². The van der Waals surface area contributed by atoms with Gasteiger partial charge in [-0.05, 0) is 66.9 Å². The van der Waals surface area contributed by atoms with Gasteiger partial charge in [0.25, 0.3) is 5.91 Å². The molecule has 3 aromatic rings. The van der Waals surface area contributed by atoms with Crippen LogP contribution in [0.1, 0.15) is 53.7 Å². The Bertz CT molecular complexity index is 975. The number of rotatable bonds is 6. The molecule has 0 saturated heterocycles. The van der Waals surface area contributed by atoms with E-state index >= 15 is 0 Å². The molecule has 2 aromatic carbocycles.